The third kappa shape index (κ3) is 5.45. The Morgan fingerprint density at radius 2 is 1.71 bits per heavy atom. The number of pyridine rings is 2. The second-order valence-corrected chi connectivity index (χ2v) is 12.8. The molecule has 0 aliphatic carbocycles. The fourth-order valence-electron chi connectivity index (χ4n) is 5.15. The summed E-state index contributed by atoms with van der Waals surface area (Å²) in [4.78, 5) is 27.6. The van der Waals surface area contributed by atoms with Gasteiger partial charge in [0, 0.05) is 35.0 Å². The molecule has 4 aromatic heterocycles. The van der Waals surface area contributed by atoms with Gasteiger partial charge in [0.15, 0.2) is 5.78 Å². The Labute approximate surface area is 253 Å². The molecule has 0 fully saturated rings. The van der Waals surface area contributed by atoms with E-state index >= 15 is 0 Å². The maximum Gasteiger partial charge on any atom is 0.163 e. The summed E-state index contributed by atoms with van der Waals surface area (Å²) in [5.74, 6) is -0.0558. The van der Waals surface area contributed by atoms with E-state index in [1.807, 2.05) is 95.5 Å². The third-order valence-electron chi connectivity index (χ3n) is 6.92. The Kier molecular flexibility index (Phi) is 7.17. The number of thiazole rings is 1. The highest BCUT2D eigenvalue weighted by molar-refractivity contribution is 7.22. The van der Waals surface area contributed by atoms with E-state index in [-0.39, 0.29) is 5.78 Å². The number of carbonyl (C=O) groups is 1. The molecule has 7 nitrogen and oxygen atoms in total. The molecule has 0 aliphatic heterocycles. The minimum atomic E-state index is -0.736. The molecule has 0 aliphatic rings. The van der Waals surface area contributed by atoms with Crippen molar-refractivity contribution in [2.24, 2.45) is 7.05 Å². The molecule has 212 valence electrons. The molecule has 0 saturated heterocycles. The Balaban J connectivity index is 1.53. The van der Waals surface area contributed by atoms with Gasteiger partial charge in [-0.25, -0.2) is 9.97 Å². The molecule has 6 aromatic rings. The number of rotatable bonds is 6. The smallest absolute Gasteiger partial charge is 0.163 e. The molecule has 0 amide bonds. The Morgan fingerprint density at radius 1 is 0.952 bits per heavy atom. The Hall–Kier alpha value is -3.98. The first kappa shape index (κ1) is 28.2. The molecule has 1 atom stereocenters. The van der Waals surface area contributed by atoms with Crippen LogP contribution < -0.4 is 0 Å². The van der Waals surface area contributed by atoms with Crippen molar-refractivity contribution in [3.8, 4) is 33.1 Å². The number of carbonyl (C=O) groups excluding carboxylic acids is 1. The first-order valence-corrected chi connectivity index (χ1v) is 14.8. The molecule has 0 saturated carbocycles. The molecular weight excluding hydrogens is 566 g/mol. The molecule has 42 heavy (non-hydrogen) atoms. The van der Waals surface area contributed by atoms with Crippen molar-refractivity contribution >= 4 is 50.0 Å². The number of benzene rings is 2. The molecule has 0 bridgehead atoms. The number of Topliss-reactive ketones (excluding diaryl/α,β-unsaturated/α-hetero) is 1. The second-order valence-electron chi connectivity index (χ2n) is 11.4. The Bertz CT molecular complexity index is 1970. The van der Waals surface area contributed by atoms with Gasteiger partial charge in [-0.3, -0.25) is 14.5 Å². The zero-order chi connectivity index (χ0) is 29.8. The van der Waals surface area contributed by atoms with Gasteiger partial charge in [-0.2, -0.15) is 5.10 Å². The normalized spacial score (nSPS) is 12.7. The second kappa shape index (κ2) is 10.7. The van der Waals surface area contributed by atoms with Crippen LogP contribution in [0.5, 0.6) is 0 Å². The first-order chi connectivity index (χ1) is 20.0. The molecule has 2 aromatic carbocycles. The molecule has 4 heterocycles. The molecule has 9 heteroatoms. The lowest BCUT2D eigenvalue weighted by Gasteiger charge is -2.29. The van der Waals surface area contributed by atoms with Crippen molar-refractivity contribution in [1.29, 1.82) is 0 Å². The van der Waals surface area contributed by atoms with E-state index in [1.54, 1.807) is 29.1 Å². The van der Waals surface area contributed by atoms with Crippen molar-refractivity contribution in [3.05, 3.63) is 83.1 Å². The average Bonchev–Trinajstić information content (AvgIpc) is 3.53. The highest BCUT2D eigenvalue weighted by Crippen LogP contribution is 2.44. The van der Waals surface area contributed by atoms with Crippen LogP contribution in [0.1, 0.15) is 44.9 Å². The zero-order valence-electron chi connectivity index (χ0n) is 24.3. The summed E-state index contributed by atoms with van der Waals surface area (Å²) in [6.07, 6.45) is 2.95. The highest BCUT2D eigenvalue weighted by Gasteiger charge is 2.30. The topological polar surface area (TPSA) is 82.8 Å². The van der Waals surface area contributed by atoms with E-state index in [2.05, 4.69) is 10.1 Å². The van der Waals surface area contributed by atoms with Crippen LogP contribution in [0.2, 0.25) is 5.02 Å². The lowest BCUT2D eigenvalue weighted by atomic mass is 9.90. The van der Waals surface area contributed by atoms with E-state index in [0.29, 0.717) is 5.02 Å². The molecule has 6 rings (SSSR count). The maximum atomic E-state index is 13.1. The molecule has 0 radical (unpaired) electrons. The number of aromatic nitrogens is 5. The SMILES string of the molecule is CC(=O)[C@@H](OC(C)(C)C)c1c(C)cc2nc(-c3cc(-c4ccc5nn(C)cc5n4)ccn3)sc2c1-c1ccc(Cl)cc1. The zero-order valence-corrected chi connectivity index (χ0v) is 25.8. The summed E-state index contributed by atoms with van der Waals surface area (Å²) < 4.78 is 9.09. The van der Waals surface area contributed by atoms with Crippen molar-refractivity contribution < 1.29 is 9.53 Å². The van der Waals surface area contributed by atoms with Crippen molar-refractivity contribution in [2.75, 3.05) is 0 Å². The summed E-state index contributed by atoms with van der Waals surface area (Å²) in [7, 11) is 1.89. The Morgan fingerprint density at radius 3 is 2.43 bits per heavy atom. The van der Waals surface area contributed by atoms with E-state index in [1.165, 1.54) is 0 Å². The predicted octanol–water partition coefficient (Wildman–Crippen LogP) is 8.38. The monoisotopic (exact) mass is 595 g/mol. The van der Waals surface area contributed by atoms with Crippen molar-refractivity contribution in [3.63, 3.8) is 0 Å². The molecule has 0 unspecified atom stereocenters. The molecule has 0 spiro atoms. The highest BCUT2D eigenvalue weighted by atomic mass is 35.5. The summed E-state index contributed by atoms with van der Waals surface area (Å²) in [6.45, 7) is 9.47. The number of hydrogen-bond donors (Lipinski definition) is 0. The van der Waals surface area contributed by atoms with E-state index in [4.69, 9.17) is 26.3 Å². The van der Waals surface area contributed by atoms with Gasteiger partial charge in [-0.1, -0.05) is 23.7 Å². The fourth-order valence-corrected chi connectivity index (χ4v) is 6.37. The fraction of sp³-hybridized carbons (Fsp3) is 0.242. The lowest BCUT2D eigenvalue weighted by molar-refractivity contribution is -0.138. The predicted molar refractivity (Wildman–Crippen MR) is 170 cm³/mol. The van der Waals surface area contributed by atoms with Gasteiger partial charge in [-0.05, 0) is 88.2 Å². The maximum absolute atomic E-state index is 13.1. The van der Waals surface area contributed by atoms with Gasteiger partial charge in [0.2, 0.25) is 0 Å². The van der Waals surface area contributed by atoms with E-state index in [9.17, 15) is 4.79 Å². The van der Waals surface area contributed by atoms with Crippen LogP contribution >= 0.6 is 22.9 Å². The van der Waals surface area contributed by atoms with E-state index in [0.717, 1.165) is 65.5 Å². The van der Waals surface area contributed by atoms with Gasteiger partial charge < -0.3 is 4.74 Å². The van der Waals surface area contributed by atoms with Crippen LogP contribution in [-0.4, -0.2) is 36.1 Å². The van der Waals surface area contributed by atoms with Gasteiger partial charge in [0.05, 0.1) is 33.4 Å². The van der Waals surface area contributed by atoms with Crippen molar-refractivity contribution in [1.82, 2.24) is 24.7 Å². The number of nitrogens with zero attached hydrogens (tertiary/aromatic N) is 5. The van der Waals surface area contributed by atoms with Gasteiger partial charge in [0.1, 0.15) is 22.1 Å². The lowest BCUT2D eigenvalue weighted by Crippen LogP contribution is -2.27. The number of ether oxygens (including phenoxy) is 1. The van der Waals surface area contributed by atoms with Crippen LogP contribution in [0.3, 0.4) is 0 Å². The summed E-state index contributed by atoms with van der Waals surface area (Å²) >= 11 is 7.81. The quantitative estimate of drug-likeness (QED) is 0.192. The summed E-state index contributed by atoms with van der Waals surface area (Å²) in [5, 5.41) is 5.84. The van der Waals surface area contributed by atoms with Crippen LogP contribution in [0.4, 0.5) is 0 Å². The van der Waals surface area contributed by atoms with Gasteiger partial charge in [-0.15, -0.1) is 11.3 Å². The molecular formula is C33H30ClN5O2S. The van der Waals surface area contributed by atoms with Gasteiger partial charge in [0.25, 0.3) is 0 Å². The summed E-state index contributed by atoms with van der Waals surface area (Å²) in [5.41, 5.74) is 8.17. The molecule has 0 N–H and O–H groups in total. The number of hydrogen-bond acceptors (Lipinski definition) is 7. The van der Waals surface area contributed by atoms with Crippen LogP contribution in [0.15, 0.2) is 67.0 Å². The van der Waals surface area contributed by atoms with Crippen LogP contribution in [0, 0.1) is 6.92 Å². The van der Waals surface area contributed by atoms with Gasteiger partial charge >= 0.3 is 0 Å². The summed E-state index contributed by atoms with van der Waals surface area (Å²) in [6, 6.07) is 17.6. The van der Waals surface area contributed by atoms with Crippen LogP contribution in [-0.2, 0) is 16.6 Å². The third-order valence-corrected chi connectivity index (χ3v) is 8.28. The minimum Gasteiger partial charge on any atom is -0.360 e. The number of ketones is 1. The minimum absolute atomic E-state index is 0.0558. The number of halogens is 1. The first-order valence-electron chi connectivity index (χ1n) is 13.6. The average molecular weight is 596 g/mol. The largest absolute Gasteiger partial charge is 0.360 e. The van der Waals surface area contributed by atoms with Crippen molar-refractivity contribution in [2.45, 2.75) is 46.3 Å². The van der Waals surface area contributed by atoms with Crippen LogP contribution in [0.25, 0.3) is 54.3 Å². The standard InChI is InChI=1S/C33H30ClN5O2S/c1-18-15-25-31(29(20-7-9-22(34)10-8-20)28(18)30(19(2)40)41-33(3,4)5)42-32(37-25)26-16-21(13-14-35-26)23-11-12-24-27(36-23)17-39(6)38-24/h7-17,30H,1-6H3/t30-/m1/s1. The number of aryl methyl sites for hydroxylation is 2. The number of fused-ring (bicyclic) bond motifs is 2. The van der Waals surface area contributed by atoms with E-state index < -0.39 is 11.7 Å².